The van der Waals surface area contributed by atoms with Gasteiger partial charge in [-0.1, -0.05) is 11.6 Å². The van der Waals surface area contributed by atoms with Crippen molar-refractivity contribution < 1.29 is 0 Å². The minimum Gasteiger partial charge on any atom is -0.378 e. The van der Waals surface area contributed by atoms with Crippen molar-refractivity contribution in [3.05, 3.63) is 53.3 Å². The van der Waals surface area contributed by atoms with E-state index in [0.29, 0.717) is 6.54 Å². The minimum atomic E-state index is 0.653. The van der Waals surface area contributed by atoms with Gasteiger partial charge in [-0.25, -0.2) is 4.98 Å². The Labute approximate surface area is 152 Å². The molecule has 1 aliphatic rings. The van der Waals surface area contributed by atoms with Crippen LogP contribution >= 0.6 is 11.6 Å². The van der Waals surface area contributed by atoms with Crippen LogP contribution in [-0.2, 0) is 6.54 Å². The highest BCUT2D eigenvalue weighted by Crippen LogP contribution is 2.21. The number of hydrogen-bond donors (Lipinski definition) is 2. The topological polar surface area (TPSA) is 47.2 Å². The molecule has 0 unspecified atom stereocenters. The number of fused-ring (bicyclic) bond motifs is 1. The molecular formula is C19H22ClN5. The average Bonchev–Trinajstić information content (AvgIpc) is 3.03. The summed E-state index contributed by atoms with van der Waals surface area (Å²) in [5.74, 6) is 0.903. The molecule has 0 bridgehead atoms. The first-order valence-electron chi connectivity index (χ1n) is 8.59. The third-order valence-corrected chi connectivity index (χ3v) is 4.92. The molecule has 3 aromatic rings. The molecule has 1 saturated heterocycles. The SMILES string of the molecule is CN1CCN(c2ccc(NCc3nc4ccc(Cl)cc4[nH]3)cc2)CC1. The van der Waals surface area contributed by atoms with Crippen LogP contribution in [0.15, 0.2) is 42.5 Å². The van der Waals surface area contributed by atoms with E-state index in [0.717, 1.165) is 53.7 Å². The Kier molecular flexibility index (Phi) is 4.51. The maximum Gasteiger partial charge on any atom is 0.126 e. The third-order valence-electron chi connectivity index (χ3n) is 4.69. The van der Waals surface area contributed by atoms with Gasteiger partial charge in [0.15, 0.2) is 0 Å². The Bertz CT molecular complexity index is 850. The predicted octanol–water partition coefficient (Wildman–Crippen LogP) is 3.58. The van der Waals surface area contributed by atoms with Gasteiger partial charge in [0.25, 0.3) is 0 Å². The van der Waals surface area contributed by atoms with Crippen LogP contribution in [-0.4, -0.2) is 48.1 Å². The van der Waals surface area contributed by atoms with E-state index in [1.165, 1.54) is 5.69 Å². The molecular weight excluding hydrogens is 334 g/mol. The van der Waals surface area contributed by atoms with Gasteiger partial charge in [-0.2, -0.15) is 0 Å². The molecule has 2 heterocycles. The smallest absolute Gasteiger partial charge is 0.126 e. The van der Waals surface area contributed by atoms with Gasteiger partial charge in [0.2, 0.25) is 0 Å². The summed E-state index contributed by atoms with van der Waals surface area (Å²) >= 11 is 6.02. The zero-order chi connectivity index (χ0) is 17.2. The first kappa shape index (κ1) is 16.2. The summed E-state index contributed by atoms with van der Waals surface area (Å²) in [5, 5.41) is 4.14. The van der Waals surface area contributed by atoms with Crippen molar-refractivity contribution in [2.75, 3.05) is 43.4 Å². The zero-order valence-electron chi connectivity index (χ0n) is 14.3. The molecule has 0 atom stereocenters. The molecule has 2 aromatic carbocycles. The fourth-order valence-corrected chi connectivity index (χ4v) is 3.33. The summed E-state index contributed by atoms with van der Waals surface area (Å²) in [5.41, 5.74) is 4.29. The number of nitrogens with one attached hydrogen (secondary N) is 2. The normalized spacial score (nSPS) is 15.7. The molecule has 1 aromatic heterocycles. The Morgan fingerprint density at radius 3 is 2.60 bits per heavy atom. The van der Waals surface area contributed by atoms with Crippen LogP contribution in [0.2, 0.25) is 5.02 Å². The molecule has 2 N–H and O–H groups in total. The summed E-state index contributed by atoms with van der Waals surface area (Å²) in [6.45, 7) is 5.07. The van der Waals surface area contributed by atoms with E-state index in [9.17, 15) is 0 Å². The molecule has 5 nitrogen and oxygen atoms in total. The molecule has 1 fully saturated rings. The van der Waals surface area contributed by atoms with Crippen molar-refractivity contribution in [3.63, 3.8) is 0 Å². The van der Waals surface area contributed by atoms with Crippen molar-refractivity contribution in [1.29, 1.82) is 0 Å². The van der Waals surface area contributed by atoms with Crippen LogP contribution in [0.4, 0.5) is 11.4 Å². The number of rotatable bonds is 4. The van der Waals surface area contributed by atoms with Crippen molar-refractivity contribution in [1.82, 2.24) is 14.9 Å². The number of piperazine rings is 1. The first-order chi connectivity index (χ1) is 12.2. The second kappa shape index (κ2) is 6.94. The molecule has 25 heavy (non-hydrogen) atoms. The maximum absolute atomic E-state index is 6.02. The number of hydrogen-bond acceptors (Lipinski definition) is 4. The monoisotopic (exact) mass is 355 g/mol. The standard InChI is InChI=1S/C19H22ClN5/c1-24-8-10-25(11-9-24)16-5-3-15(4-6-16)21-13-19-22-17-7-2-14(20)12-18(17)23-19/h2-7,12,21H,8-11,13H2,1H3,(H,22,23). The summed E-state index contributed by atoms with van der Waals surface area (Å²) < 4.78 is 0. The lowest BCUT2D eigenvalue weighted by Crippen LogP contribution is -2.44. The largest absolute Gasteiger partial charge is 0.378 e. The second-order valence-electron chi connectivity index (χ2n) is 6.54. The fraction of sp³-hybridized carbons (Fsp3) is 0.316. The van der Waals surface area contributed by atoms with Gasteiger partial charge in [0, 0.05) is 42.6 Å². The Hall–Kier alpha value is -2.24. The highest BCUT2D eigenvalue weighted by Gasteiger charge is 2.13. The third kappa shape index (κ3) is 3.72. The maximum atomic E-state index is 6.02. The number of H-pyrrole nitrogens is 1. The van der Waals surface area contributed by atoms with Gasteiger partial charge in [0.05, 0.1) is 17.6 Å². The van der Waals surface area contributed by atoms with Crippen molar-refractivity contribution in [2.24, 2.45) is 0 Å². The van der Waals surface area contributed by atoms with Gasteiger partial charge in [0.1, 0.15) is 5.82 Å². The molecule has 0 aliphatic carbocycles. The Balaban J connectivity index is 1.39. The van der Waals surface area contributed by atoms with Crippen LogP contribution in [0.25, 0.3) is 11.0 Å². The zero-order valence-corrected chi connectivity index (χ0v) is 15.1. The van der Waals surface area contributed by atoms with E-state index in [1.54, 1.807) is 0 Å². The number of imidazole rings is 1. The molecule has 0 amide bonds. The van der Waals surface area contributed by atoms with Gasteiger partial charge >= 0.3 is 0 Å². The van der Waals surface area contributed by atoms with E-state index in [-0.39, 0.29) is 0 Å². The van der Waals surface area contributed by atoms with Gasteiger partial charge in [-0.3, -0.25) is 0 Å². The first-order valence-corrected chi connectivity index (χ1v) is 8.97. The van der Waals surface area contributed by atoms with Gasteiger partial charge < -0.3 is 20.1 Å². The van der Waals surface area contributed by atoms with E-state index in [4.69, 9.17) is 11.6 Å². The van der Waals surface area contributed by atoms with Crippen LogP contribution in [0.5, 0.6) is 0 Å². The number of likely N-dealkylation sites (N-methyl/N-ethyl adjacent to an activating group) is 1. The molecule has 0 saturated carbocycles. The number of anilines is 2. The molecule has 0 radical (unpaired) electrons. The summed E-state index contributed by atoms with van der Waals surface area (Å²) in [7, 11) is 2.18. The van der Waals surface area contributed by atoms with E-state index in [2.05, 4.69) is 56.4 Å². The van der Waals surface area contributed by atoms with Crippen LogP contribution in [0.3, 0.4) is 0 Å². The number of aromatic amines is 1. The summed E-state index contributed by atoms with van der Waals surface area (Å²) in [4.78, 5) is 12.7. The lowest BCUT2D eigenvalue weighted by atomic mass is 10.2. The summed E-state index contributed by atoms with van der Waals surface area (Å²) in [6, 6.07) is 14.3. The summed E-state index contributed by atoms with van der Waals surface area (Å²) in [6.07, 6.45) is 0. The van der Waals surface area contributed by atoms with Crippen LogP contribution in [0.1, 0.15) is 5.82 Å². The number of benzene rings is 2. The van der Waals surface area contributed by atoms with Crippen LogP contribution < -0.4 is 10.2 Å². The molecule has 1 aliphatic heterocycles. The predicted molar refractivity (Wildman–Crippen MR) is 105 cm³/mol. The van der Waals surface area contributed by atoms with E-state index < -0.39 is 0 Å². The van der Waals surface area contributed by atoms with Gasteiger partial charge in [-0.05, 0) is 49.5 Å². The fourth-order valence-electron chi connectivity index (χ4n) is 3.16. The minimum absolute atomic E-state index is 0.653. The molecule has 130 valence electrons. The van der Waals surface area contributed by atoms with Crippen molar-refractivity contribution >= 4 is 34.0 Å². The average molecular weight is 356 g/mol. The molecule has 0 spiro atoms. The van der Waals surface area contributed by atoms with Crippen LogP contribution in [0, 0.1) is 0 Å². The van der Waals surface area contributed by atoms with E-state index >= 15 is 0 Å². The lowest BCUT2D eigenvalue weighted by molar-refractivity contribution is 0.313. The van der Waals surface area contributed by atoms with Crippen molar-refractivity contribution in [3.8, 4) is 0 Å². The lowest BCUT2D eigenvalue weighted by Gasteiger charge is -2.34. The highest BCUT2D eigenvalue weighted by molar-refractivity contribution is 6.31. The second-order valence-corrected chi connectivity index (χ2v) is 6.97. The Morgan fingerprint density at radius 1 is 1.08 bits per heavy atom. The molecule has 6 heteroatoms. The number of aromatic nitrogens is 2. The van der Waals surface area contributed by atoms with Crippen molar-refractivity contribution in [2.45, 2.75) is 6.54 Å². The van der Waals surface area contributed by atoms with E-state index in [1.807, 2.05) is 18.2 Å². The quantitative estimate of drug-likeness (QED) is 0.751. The van der Waals surface area contributed by atoms with Gasteiger partial charge in [-0.15, -0.1) is 0 Å². The number of halogens is 1. The molecule has 4 rings (SSSR count). The Morgan fingerprint density at radius 2 is 1.84 bits per heavy atom. The number of nitrogens with zero attached hydrogens (tertiary/aromatic N) is 3. The highest BCUT2D eigenvalue weighted by atomic mass is 35.5.